The lowest BCUT2D eigenvalue weighted by atomic mass is 10.2. The maximum Gasteiger partial charge on any atom is 0.356 e. The third-order valence-corrected chi connectivity index (χ3v) is 7.20. The van der Waals surface area contributed by atoms with Crippen molar-refractivity contribution >= 4 is 38.8 Å². The SMILES string of the molecule is Nc1c(NCc2ccccc2Cl)nc(S(=O)(=O)Cc2ccccc2)[nH+]c1N1CCC(F)(F)C1. The van der Waals surface area contributed by atoms with Gasteiger partial charge in [0.15, 0.2) is 5.69 Å². The van der Waals surface area contributed by atoms with Crippen molar-refractivity contribution in [1.82, 2.24) is 4.98 Å². The fourth-order valence-electron chi connectivity index (χ4n) is 3.61. The van der Waals surface area contributed by atoms with E-state index in [1.807, 2.05) is 6.07 Å². The predicted molar refractivity (Wildman–Crippen MR) is 123 cm³/mol. The standard InChI is InChI=1S/C22H22ClF2N5O2S/c23-17-9-5-4-8-16(17)12-27-19-18(26)20(30-11-10-22(24,25)14-30)29-21(28-19)33(31,32)13-15-6-2-1-3-7-15/h1-9H,10-14,26H2,(H,27,28,29)/p+1. The number of sulfone groups is 1. The van der Waals surface area contributed by atoms with E-state index in [2.05, 4.69) is 15.3 Å². The minimum atomic E-state index is -3.93. The molecule has 0 unspecified atom stereocenters. The van der Waals surface area contributed by atoms with Crippen LogP contribution in [-0.4, -0.2) is 32.4 Å². The fraction of sp³-hybridized carbons (Fsp3) is 0.273. The molecule has 1 aromatic heterocycles. The van der Waals surface area contributed by atoms with Crippen molar-refractivity contribution in [1.29, 1.82) is 0 Å². The first-order valence-corrected chi connectivity index (χ1v) is 12.3. The molecule has 0 bridgehead atoms. The molecule has 4 N–H and O–H groups in total. The first kappa shape index (κ1) is 23.2. The van der Waals surface area contributed by atoms with Crippen LogP contribution in [0.3, 0.4) is 0 Å². The second kappa shape index (κ2) is 9.11. The van der Waals surface area contributed by atoms with Crippen molar-refractivity contribution in [2.75, 3.05) is 29.0 Å². The van der Waals surface area contributed by atoms with Crippen LogP contribution in [0.4, 0.5) is 26.1 Å². The molecule has 11 heteroatoms. The molecule has 0 amide bonds. The van der Waals surface area contributed by atoms with Gasteiger partial charge in [-0.25, -0.2) is 22.2 Å². The number of halogens is 3. The summed E-state index contributed by atoms with van der Waals surface area (Å²) in [5, 5.41) is 3.17. The molecule has 0 atom stereocenters. The molecular weight excluding hydrogens is 472 g/mol. The van der Waals surface area contributed by atoms with Crippen LogP contribution in [-0.2, 0) is 22.1 Å². The van der Waals surface area contributed by atoms with E-state index < -0.39 is 22.3 Å². The number of nitrogens with one attached hydrogen (secondary N) is 2. The summed E-state index contributed by atoms with van der Waals surface area (Å²) < 4.78 is 54.1. The highest BCUT2D eigenvalue weighted by molar-refractivity contribution is 7.90. The molecule has 1 fully saturated rings. The molecular formula is C22H23ClF2N5O2S+. The lowest BCUT2D eigenvalue weighted by Gasteiger charge is -2.16. The molecule has 0 saturated carbocycles. The van der Waals surface area contributed by atoms with Gasteiger partial charge in [0.05, 0.1) is 12.3 Å². The van der Waals surface area contributed by atoms with Gasteiger partial charge in [-0.15, -0.1) is 0 Å². The Morgan fingerprint density at radius 2 is 1.85 bits per heavy atom. The van der Waals surface area contributed by atoms with Crippen LogP contribution < -0.4 is 20.9 Å². The van der Waals surface area contributed by atoms with E-state index in [4.69, 9.17) is 17.3 Å². The third kappa shape index (κ3) is 5.33. The summed E-state index contributed by atoms with van der Waals surface area (Å²) in [6, 6.07) is 15.8. The first-order chi connectivity index (χ1) is 15.6. The van der Waals surface area contributed by atoms with Crippen molar-refractivity contribution in [2.24, 2.45) is 0 Å². The number of anilines is 3. The summed E-state index contributed by atoms with van der Waals surface area (Å²) in [5.74, 6) is -3.03. The molecule has 1 aliphatic heterocycles. The van der Waals surface area contributed by atoms with Gasteiger partial charge in [-0.1, -0.05) is 65.1 Å². The molecule has 0 aliphatic carbocycles. The summed E-state index contributed by atoms with van der Waals surface area (Å²) in [6.07, 6.45) is -0.350. The Morgan fingerprint density at radius 3 is 2.52 bits per heavy atom. The monoisotopic (exact) mass is 494 g/mol. The number of benzene rings is 2. The number of H-pyrrole nitrogens is 1. The highest BCUT2D eigenvalue weighted by Gasteiger charge is 2.43. The van der Waals surface area contributed by atoms with E-state index in [1.165, 1.54) is 4.90 Å². The molecule has 33 heavy (non-hydrogen) atoms. The third-order valence-electron chi connectivity index (χ3n) is 5.33. The second-order valence-corrected chi connectivity index (χ2v) is 10.2. The summed E-state index contributed by atoms with van der Waals surface area (Å²) >= 11 is 6.21. The van der Waals surface area contributed by atoms with Crippen molar-refractivity contribution in [3.63, 3.8) is 0 Å². The number of nitrogens with zero attached hydrogens (tertiary/aromatic N) is 2. The quantitative estimate of drug-likeness (QED) is 0.487. The van der Waals surface area contributed by atoms with Gasteiger partial charge in [0.2, 0.25) is 15.7 Å². The second-order valence-electron chi connectivity index (χ2n) is 7.87. The van der Waals surface area contributed by atoms with Crippen LogP contribution in [0.1, 0.15) is 17.5 Å². The molecule has 3 aromatic rings. The van der Waals surface area contributed by atoms with E-state index in [-0.39, 0.29) is 47.7 Å². The average Bonchev–Trinajstić information content (AvgIpc) is 3.13. The minimum absolute atomic E-state index is 0.0276. The van der Waals surface area contributed by atoms with Gasteiger partial charge >= 0.3 is 5.16 Å². The van der Waals surface area contributed by atoms with Crippen LogP contribution >= 0.6 is 11.6 Å². The summed E-state index contributed by atoms with van der Waals surface area (Å²) in [7, 11) is -3.93. The van der Waals surface area contributed by atoms with E-state index in [1.54, 1.807) is 48.5 Å². The molecule has 2 heterocycles. The minimum Gasteiger partial charge on any atom is -0.389 e. The Hall–Kier alpha value is -2.98. The van der Waals surface area contributed by atoms with Gasteiger partial charge in [0.25, 0.3) is 11.7 Å². The van der Waals surface area contributed by atoms with Gasteiger partial charge < -0.3 is 11.1 Å². The highest BCUT2D eigenvalue weighted by atomic mass is 35.5. The smallest absolute Gasteiger partial charge is 0.356 e. The maximum atomic E-state index is 13.9. The average molecular weight is 495 g/mol. The number of hydrogen-bond donors (Lipinski definition) is 2. The Morgan fingerprint density at radius 1 is 1.15 bits per heavy atom. The summed E-state index contributed by atoms with van der Waals surface area (Å²) in [5.41, 5.74) is 7.62. The van der Waals surface area contributed by atoms with E-state index >= 15 is 0 Å². The zero-order valence-electron chi connectivity index (χ0n) is 17.6. The van der Waals surface area contributed by atoms with E-state index in [0.29, 0.717) is 10.6 Å². The maximum absolute atomic E-state index is 13.9. The number of rotatable bonds is 7. The molecule has 0 radical (unpaired) electrons. The van der Waals surface area contributed by atoms with Crippen LogP contribution in [0.25, 0.3) is 0 Å². The predicted octanol–water partition coefficient (Wildman–Crippen LogP) is 3.56. The summed E-state index contributed by atoms with van der Waals surface area (Å²) in [4.78, 5) is 8.27. The zero-order chi connectivity index (χ0) is 23.6. The van der Waals surface area contributed by atoms with Crippen LogP contribution in [0.2, 0.25) is 5.02 Å². The lowest BCUT2D eigenvalue weighted by molar-refractivity contribution is -0.420. The molecule has 4 rings (SSSR count). The van der Waals surface area contributed by atoms with Crippen LogP contribution in [0.15, 0.2) is 59.8 Å². The van der Waals surface area contributed by atoms with Gasteiger partial charge in [0, 0.05) is 18.0 Å². The highest BCUT2D eigenvalue weighted by Crippen LogP contribution is 2.34. The molecule has 1 saturated heterocycles. The van der Waals surface area contributed by atoms with Crippen LogP contribution in [0, 0.1) is 0 Å². The van der Waals surface area contributed by atoms with Gasteiger partial charge in [-0.3, -0.25) is 4.90 Å². The van der Waals surface area contributed by atoms with Crippen molar-refractivity contribution in [2.45, 2.75) is 29.8 Å². The molecule has 2 aromatic carbocycles. The Labute approximate surface area is 195 Å². The van der Waals surface area contributed by atoms with E-state index in [0.717, 1.165) is 5.56 Å². The normalized spacial score (nSPS) is 15.5. The topological polar surface area (TPSA) is 102 Å². The number of alkyl halides is 2. The summed E-state index contributed by atoms with van der Waals surface area (Å²) in [6.45, 7) is -0.325. The molecule has 0 spiro atoms. The number of hydrogen-bond acceptors (Lipinski definition) is 6. The van der Waals surface area contributed by atoms with Gasteiger partial charge in [0.1, 0.15) is 6.54 Å². The largest absolute Gasteiger partial charge is 0.389 e. The van der Waals surface area contributed by atoms with Crippen molar-refractivity contribution in [3.05, 3.63) is 70.7 Å². The number of aromatic nitrogens is 2. The zero-order valence-corrected chi connectivity index (χ0v) is 19.1. The van der Waals surface area contributed by atoms with Crippen molar-refractivity contribution in [3.8, 4) is 0 Å². The molecule has 7 nitrogen and oxygen atoms in total. The van der Waals surface area contributed by atoms with Gasteiger partial charge in [-0.05, 0) is 17.2 Å². The fourth-order valence-corrected chi connectivity index (χ4v) is 5.06. The first-order valence-electron chi connectivity index (χ1n) is 10.2. The molecule has 1 aliphatic rings. The lowest BCUT2D eigenvalue weighted by Crippen LogP contribution is -2.34. The van der Waals surface area contributed by atoms with E-state index in [9.17, 15) is 17.2 Å². The van der Waals surface area contributed by atoms with Crippen molar-refractivity contribution < 1.29 is 22.2 Å². The number of nitrogen functional groups attached to an aromatic ring is 1. The number of aromatic amines is 1. The van der Waals surface area contributed by atoms with Gasteiger partial charge in [-0.2, -0.15) is 0 Å². The van der Waals surface area contributed by atoms with Crippen LogP contribution in [0.5, 0.6) is 0 Å². The Bertz CT molecular complexity index is 1260. The molecule has 174 valence electrons. The Balaban J connectivity index is 1.72. The number of nitrogens with two attached hydrogens (primary N) is 1. The Kier molecular flexibility index (Phi) is 6.40.